The third kappa shape index (κ3) is 8.83. The average Bonchev–Trinajstić information content (AvgIpc) is 2.72. The average molecular weight is 411 g/mol. The van der Waals surface area contributed by atoms with Crippen molar-refractivity contribution in [1.82, 2.24) is 0 Å². The Labute approximate surface area is 186 Å². The Balaban J connectivity index is 0.000000352. The predicted molar refractivity (Wildman–Crippen MR) is 135 cm³/mol. The number of rotatable bonds is 10. The van der Waals surface area contributed by atoms with Crippen molar-refractivity contribution in [2.45, 2.75) is 97.3 Å². The summed E-state index contributed by atoms with van der Waals surface area (Å²) in [6.45, 7) is 15.3. The van der Waals surface area contributed by atoms with E-state index in [4.69, 9.17) is 0 Å². The van der Waals surface area contributed by atoms with E-state index in [0.29, 0.717) is 0 Å². The van der Waals surface area contributed by atoms with Crippen LogP contribution in [0.3, 0.4) is 0 Å². The minimum atomic E-state index is 1.04. The van der Waals surface area contributed by atoms with Gasteiger partial charge in [0.1, 0.15) is 0 Å². The normalized spacial score (nSPS) is 10.4. The Bertz CT molecular complexity index is 725. The second-order valence-corrected chi connectivity index (χ2v) is 8.46. The van der Waals surface area contributed by atoms with E-state index < -0.39 is 0 Å². The second-order valence-electron chi connectivity index (χ2n) is 7.94. The largest absolute Gasteiger partial charge is 0.143 e. The zero-order valence-electron chi connectivity index (χ0n) is 19.5. The lowest BCUT2D eigenvalue weighted by atomic mass is 9.87. The van der Waals surface area contributed by atoms with Gasteiger partial charge in [-0.05, 0) is 79.0 Å². The fourth-order valence-corrected chi connectivity index (χ4v) is 4.02. The minimum absolute atomic E-state index is 1.04. The lowest BCUT2D eigenvalue weighted by molar-refractivity contribution is 0.662. The Hall–Kier alpha value is -1.47. The Morgan fingerprint density at radius 2 is 1.45 bits per heavy atom. The van der Waals surface area contributed by atoms with Gasteiger partial charge in [0.15, 0.2) is 0 Å². The van der Waals surface area contributed by atoms with Gasteiger partial charge in [0.2, 0.25) is 0 Å². The first-order chi connectivity index (χ1) is 14.0. The van der Waals surface area contributed by atoms with Gasteiger partial charge >= 0.3 is 0 Å². The Morgan fingerprint density at radius 3 is 1.97 bits per heavy atom. The molecule has 0 saturated carbocycles. The molecular formula is C28H42S. The highest BCUT2D eigenvalue weighted by Crippen LogP contribution is 2.27. The molecule has 0 amide bonds. The van der Waals surface area contributed by atoms with Crippen LogP contribution in [0.2, 0.25) is 0 Å². The first kappa shape index (κ1) is 25.6. The van der Waals surface area contributed by atoms with E-state index in [2.05, 4.69) is 78.1 Å². The van der Waals surface area contributed by atoms with Crippen molar-refractivity contribution in [2.75, 3.05) is 0 Å². The van der Waals surface area contributed by atoms with Crippen LogP contribution in [0.5, 0.6) is 0 Å². The summed E-state index contributed by atoms with van der Waals surface area (Å²) in [6, 6.07) is 12.9. The maximum absolute atomic E-state index is 4.20. The molecule has 0 aromatic heterocycles. The smallest absolute Gasteiger partial charge is 0.00401 e. The van der Waals surface area contributed by atoms with Gasteiger partial charge in [0.05, 0.1) is 0 Å². The van der Waals surface area contributed by atoms with E-state index in [1.165, 1.54) is 61.6 Å². The van der Waals surface area contributed by atoms with Crippen LogP contribution >= 0.6 is 12.6 Å². The summed E-state index contributed by atoms with van der Waals surface area (Å²) in [4.78, 5) is 1.04. The van der Waals surface area contributed by atoms with Crippen LogP contribution in [-0.4, -0.2) is 0 Å². The predicted octanol–water partition coefficient (Wildman–Crippen LogP) is 8.90. The molecule has 160 valence electrons. The Morgan fingerprint density at radius 1 is 0.759 bits per heavy atom. The molecule has 0 saturated heterocycles. The zero-order valence-corrected chi connectivity index (χ0v) is 20.4. The van der Waals surface area contributed by atoms with E-state index in [0.717, 1.165) is 17.7 Å². The number of benzene rings is 2. The van der Waals surface area contributed by atoms with Crippen molar-refractivity contribution in [3.8, 4) is 0 Å². The van der Waals surface area contributed by atoms with Crippen LogP contribution in [0.4, 0.5) is 0 Å². The summed E-state index contributed by atoms with van der Waals surface area (Å²) >= 11 is 4.20. The highest BCUT2D eigenvalue weighted by atomic mass is 32.1. The van der Waals surface area contributed by atoms with Gasteiger partial charge in [-0.25, -0.2) is 0 Å². The summed E-state index contributed by atoms with van der Waals surface area (Å²) in [5.74, 6) is 0. The van der Waals surface area contributed by atoms with Crippen molar-refractivity contribution < 1.29 is 0 Å². The van der Waals surface area contributed by atoms with Crippen LogP contribution in [0.25, 0.3) is 5.57 Å². The highest BCUT2D eigenvalue weighted by Gasteiger charge is 2.11. The topological polar surface area (TPSA) is 0 Å². The van der Waals surface area contributed by atoms with E-state index >= 15 is 0 Å². The van der Waals surface area contributed by atoms with Gasteiger partial charge in [-0.1, -0.05) is 89.8 Å². The van der Waals surface area contributed by atoms with E-state index in [1.54, 1.807) is 16.7 Å². The lowest BCUT2D eigenvalue weighted by Crippen LogP contribution is -2.03. The molecule has 29 heavy (non-hydrogen) atoms. The molecule has 0 atom stereocenters. The van der Waals surface area contributed by atoms with E-state index in [1.807, 2.05) is 12.1 Å². The number of allylic oxidation sites excluding steroid dienone is 1. The molecule has 0 bridgehead atoms. The van der Waals surface area contributed by atoms with Gasteiger partial charge in [-0.3, -0.25) is 0 Å². The van der Waals surface area contributed by atoms with Crippen molar-refractivity contribution in [3.63, 3.8) is 0 Å². The number of hydrogen-bond donors (Lipinski definition) is 1. The lowest BCUT2D eigenvalue weighted by Gasteiger charge is -2.18. The van der Waals surface area contributed by atoms with Crippen LogP contribution < -0.4 is 0 Å². The number of unbranched alkanes of at least 4 members (excludes halogenated alkanes) is 3. The SMILES string of the molecule is C=C(C)c1ccc(CC)c(CCCCCC)c1CC.CCCc1ccc(S)cc1. The molecule has 0 aliphatic heterocycles. The fraction of sp³-hybridized carbons (Fsp3) is 0.500. The van der Waals surface area contributed by atoms with Gasteiger partial charge in [0, 0.05) is 4.90 Å². The van der Waals surface area contributed by atoms with Crippen molar-refractivity contribution in [3.05, 3.63) is 70.8 Å². The first-order valence-electron chi connectivity index (χ1n) is 11.6. The van der Waals surface area contributed by atoms with Gasteiger partial charge < -0.3 is 0 Å². The van der Waals surface area contributed by atoms with Gasteiger partial charge in [0.25, 0.3) is 0 Å². The monoisotopic (exact) mass is 410 g/mol. The molecule has 1 heteroatoms. The molecule has 0 fully saturated rings. The molecule has 0 aliphatic carbocycles. The van der Waals surface area contributed by atoms with Crippen molar-refractivity contribution >= 4 is 18.2 Å². The van der Waals surface area contributed by atoms with Crippen LogP contribution in [0, 0.1) is 0 Å². The summed E-state index contributed by atoms with van der Waals surface area (Å²) in [7, 11) is 0. The summed E-state index contributed by atoms with van der Waals surface area (Å²) in [6.07, 6.45) is 11.3. The van der Waals surface area contributed by atoms with E-state index in [9.17, 15) is 0 Å². The Kier molecular flexibility index (Phi) is 12.8. The summed E-state index contributed by atoms with van der Waals surface area (Å²) < 4.78 is 0. The van der Waals surface area contributed by atoms with E-state index in [-0.39, 0.29) is 0 Å². The third-order valence-corrected chi connectivity index (χ3v) is 5.78. The standard InChI is InChI=1S/C19H30.C9H12S/c1-6-9-10-11-12-19-16(7-2)13-14-18(15(4)5)17(19)8-3;1-2-3-8-4-6-9(10)7-5-8/h13-14H,4,6-12H2,1-3,5H3;4-7,10H,2-3H2,1H3. The molecule has 0 N–H and O–H groups in total. The molecule has 0 spiro atoms. The summed E-state index contributed by atoms with van der Waals surface area (Å²) in [5, 5.41) is 0. The minimum Gasteiger partial charge on any atom is -0.143 e. The molecule has 2 rings (SSSR count). The van der Waals surface area contributed by atoms with Crippen LogP contribution in [-0.2, 0) is 25.7 Å². The molecule has 0 aliphatic rings. The fourth-order valence-electron chi connectivity index (χ4n) is 3.87. The van der Waals surface area contributed by atoms with Crippen molar-refractivity contribution in [1.29, 1.82) is 0 Å². The number of aryl methyl sites for hydroxylation is 2. The zero-order chi connectivity index (χ0) is 21.6. The maximum atomic E-state index is 4.20. The molecular weight excluding hydrogens is 368 g/mol. The molecule has 2 aromatic rings. The van der Waals surface area contributed by atoms with Crippen LogP contribution in [0.1, 0.15) is 94.5 Å². The second kappa shape index (κ2) is 14.5. The maximum Gasteiger partial charge on any atom is 0.00401 e. The number of hydrogen-bond acceptors (Lipinski definition) is 1. The first-order valence-corrected chi connectivity index (χ1v) is 12.0. The third-order valence-electron chi connectivity index (χ3n) is 5.48. The van der Waals surface area contributed by atoms with Gasteiger partial charge in [-0.15, -0.1) is 12.6 Å². The molecule has 2 aromatic carbocycles. The van der Waals surface area contributed by atoms with Crippen LogP contribution in [0.15, 0.2) is 47.9 Å². The molecule has 0 radical (unpaired) electrons. The summed E-state index contributed by atoms with van der Waals surface area (Å²) in [5.41, 5.74) is 8.68. The number of thiol groups is 1. The molecule has 0 unspecified atom stereocenters. The molecule has 0 heterocycles. The van der Waals surface area contributed by atoms with Gasteiger partial charge in [-0.2, -0.15) is 0 Å². The highest BCUT2D eigenvalue weighted by molar-refractivity contribution is 7.80. The quantitative estimate of drug-likeness (QED) is 0.293. The molecule has 0 nitrogen and oxygen atoms in total. The van der Waals surface area contributed by atoms with Crippen molar-refractivity contribution in [2.24, 2.45) is 0 Å².